The second-order valence-corrected chi connectivity index (χ2v) is 5.47. The summed E-state index contributed by atoms with van der Waals surface area (Å²) in [5.74, 6) is 0.341. The fraction of sp³-hybridized carbons (Fsp3) is 0.150. The minimum Gasteiger partial charge on any atom is -0.488 e. The van der Waals surface area contributed by atoms with E-state index in [4.69, 9.17) is 9.47 Å². The Morgan fingerprint density at radius 1 is 1.00 bits per heavy atom. The van der Waals surface area contributed by atoms with Gasteiger partial charge in [0.25, 0.3) is 0 Å². The number of ether oxygens (including phenoxy) is 2. The molecular formula is C20H18FNO3. The normalized spacial score (nSPS) is 10.5. The smallest absolute Gasteiger partial charge is 0.213 e. The lowest BCUT2D eigenvalue weighted by Gasteiger charge is -2.14. The largest absolute Gasteiger partial charge is 0.488 e. The highest BCUT2D eigenvalue weighted by atomic mass is 19.1. The summed E-state index contributed by atoms with van der Waals surface area (Å²) in [5.41, 5.74) is 2.52. The lowest BCUT2D eigenvalue weighted by atomic mass is 10.0. The monoisotopic (exact) mass is 339 g/mol. The van der Waals surface area contributed by atoms with Crippen LogP contribution in [0.4, 0.5) is 4.39 Å². The third-order valence-electron chi connectivity index (χ3n) is 3.79. The van der Waals surface area contributed by atoms with Crippen molar-refractivity contribution in [2.45, 2.75) is 13.2 Å². The number of aromatic nitrogens is 1. The number of nitrogens with zero attached hydrogens (tertiary/aromatic N) is 1. The van der Waals surface area contributed by atoms with Gasteiger partial charge in [0, 0.05) is 17.2 Å². The van der Waals surface area contributed by atoms with Gasteiger partial charge >= 0.3 is 0 Å². The molecule has 0 unspecified atom stereocenters. The Morgan fingerprint density at radius 3 is 2.52 bits per heavy atom. The molecule has 0 atom stereocenters. The van der Waals surface area contributed by atoms with Gasteiger partial charge in [0.2, 0.25) is 5.88 Å². The van der Waals surface area contributed by atoms with Gasteiger partial charge in [-0.1, -0.05) is 36.4 Å². The molecule has 0 aliphatic carbocycles. The fourth-order valence-corrected chi connectivity index (χ4v) is 2.48. The van der Waals surface area contributed by atoms with Gasteiger partial charge in [-0.15, -0.1) is 0 Å². The molecule has 0 bridgehead atoms. The molecule has 3 rings (SSSR count). The topological polar surface area (TPSA) is 51.6 Å². The van der Waals surface area contributed by atoms with Crippen LogP contribution in [0.25, 0.3) is 11.1 Å². The summed E-state index contributed by atoms with van der Waals surface area (Å²) in [5, 5.41) is 9.41. The first kappa shape index (κ1) is 16.9. The number of methoxy groups -OCH3 is 1. The summed E-state index contributed by atoms with van der Waals surface area (Å²) in [7, 11) is 1.47. The molecule has 0 aliphatic heterocycles. The first-order valence-electron chi connectivity index (χ1n) is 7.81. The van der Waals surface area contributed by atoms with E-state index in [-0.39, 0.29) is 6.61 Å². The molecular weight excluding hydrogens is 321 g/mol. The van der Waals surface area contributed by atoms with E-state index >= 15 is 0 Å². The van der Waals surface area contributed by atoms with E-state index in [0.29, 0.717) is 34.9 Å². The van der Waals surface area contributed by atoms with E-state index in [2.05, 4.69) is 4.98 Å². The van der Waals surface area contributed by atoms with Gasteiger partial charge in [-0.25, -0.2) is 9.37 Å². The molecule has 25 heavy (non-hydrogen) atoms. The molecule has 0 fully saturated rings. The van der Waals surface area contributed by atoms with Crippen molar-refractivity contribution in [2.75, 3.05) is 7.11 Å². The third-order valence-corrected chi connectivity index (χ3v) is 3.79. The zero-order chi connectivity index (χ0) is 17.6. The molecule has 2 aromatic carbocycles. The minimum absolute atomic E-state index is 0.143. The molecule has 1 heterocycles. The number of aliphatic hydroxyl groups excluding tert-OH is 1. The van der Waals surface area contributed by atoms with Crippen LogP contribution in [0.3, 0.4) is 0 Å². The Hall–Kier alpha value is -2.92. The Morgan fingerprint density at radius 2 is 1.80 bits per heavy atom. The maximum absolute atomic E-state index is 14.3. The van der Waals surface area contributed by atoms with Crippen molar-refractivity contribution in [1.82, 2.24) is 4.98 Å². The van der Waals surface area contributed by atoms with E-state index in [1.54, 1.807) is 18.2 Å². The summed E-state index contributed by atoms with van der Waals surface area (Å²) in [6.07, 6.45) is 1.11. The van der Waals surface area contributed by atoms with Gasteiger partial charge in [0.1, 0.15) is 18.2 Å². The van der Waals surface area contributed by atoms with Crippen LogP contribution < -0.4 is 9.47 Å². The highest BCUT2D eigenvalue weighted by Crippen LogP contribution is 2.34. The van der Waals surface area contributed by atoms with Crippen molar-refractivity contribution in [2.24, 2.45) is 0 Å². The minimum atomic E-state index is -0.486. The number of hydrogen-bond acceptors (Lipinski definition) is 4. The van der Waals surface area contributed by atoms with Crippen LogP contribution in [0.2, 0.25) is 0 Å². The van der Waals surface area contributed by atoms with Gasteiger partial charge in [-0.3, -0.25) is 0 Å². The standard InChI is InChI=1S/C20H18FNO3/c1-24-20-10-16(18(21)11-22-20)17-9-15(12-23)7-8-19(17)25-13-14-5-3-2-4-6-14/h2-11,23H,12-13H2,1H3. The lowest BCUT2D eigenvalue weighted by molar-refractivity contribution is 0.281. The van der Waals surface area contributed by atoms with E-state index in [9.17, 15) is 9.50 Å². The average Bonchev–Trinajstić information content (AvgIpc) is 2.67. The lowest BCUT2D eigenvalue weighted by Crippen LogP contribution is -1.99. The van der Waals surface area contributed by atoms with Crippen molar-refractivity contribution >= 4 is 0 Å². The second kappa shape index (κ2) is 7.77. The number of halogens is 1. The van der Waals surface area contributed by atoms with Crippen LogP contribution in [0.15, 0.2) is 60.8 Å². The Bertz CT molecular complexity index is 853. The molecule has 0 radical (unpaired) electrons. The highest BCUT2D eigenvalue weighted by molar-refractivity contribution is 5.72. The molecule has 128 valence electrons. The van der Waals surface area contributed by atoms with Gasteiger partial charge in [-0.2, -0.15) is 0 Å². The van der Waals surface area contributed by atoms with E-state index in [0.717, 1.165) is 11.8 Å². The number of rotatable bonds is 6. The van der Waals surface area contributed by atoms with Gasteiger partial charge < -0.3 is 14.6 Å². The number of aliphatic hydroxyl groups is 1. The Kier molecular flexibility index (Phi) is 5.26. The van der Waals surface area contributed by atoms with Crippen molar-refractivity contribution in [1.29, 1.82) is 0 Å². The van der Waals surface area contributed by atoms with Crippen LogP contribution in [0, 0.1) is 5.82 Å². The summed E-state index contributed by atoms with van der Waals surface area (Å²) >= 11 is 0. The molecule has 4 nitrogen and oxygen atoms in total. The van der Waals surface area contributed by atoms with Crippen LogP contribution in [-0.2, 0) is 13.2 Å². The zero-order valence-corrected chi connectivity index (χ0v) is 13.8. The SMILES string of the molecule is COc1cc(-c2cc(CO)ccc2OCc2ccccc2)c(F)cn1. The molecule has 0 aliphatic rings. The molecule has 0 saturated heterocycles. The van der Waals surface area contributed by atoms with E-state index in [1.165, 1.54) is 13.2 Å². The maximum Gasteiger partial charge on any atom is 0.213 e. The quantitative estimate of drug-likeness (QED) is 0.738. The van der Waals surface area contributed by atoms with Crippen LogP contribution >= 0.6 is 0 Å². The molecule has 0 spiro atoms. The third kappa shape index (κ3) is 3.95. The Balaban J connectivity index is 1.99. The second-order valence-electron chi connectivity index (χ2n) is 5.47. The van der Waals surface area contributed by atoms with Crippen molar-refractivity contribution in [3.63, 3.8) is 0 Å². The molecule has 0 saturated carbocycles. The van der Waals surface area contributed by atoms with Crippen LogP contribution in [0.5, 0.6) is 11.6 Å². The first-order chi connectivity index (χ1) is 12.2. The summed E-state index contributed by atoms with van der Waals surface area (Å²) in [6, 6.07) is 16.4. The molecule has 3 aromatic rings. The highest BCUT2D eigenvalue weighted by Gasteiger charge is 2.14. The number of pyridine rings is 1. The number of hydrogen-bond donors (Lipinski definition) is 1. The average molecular weight is 339 g/mol. The van der Waals surface area contributed by atoms with Gasteiger partial charge in [-0.05, 0) is 23.3 Å². The van der Waals surface area contributed by atoms with Crippen LogP contribution in [-0.4, -0.2) is 17.2 Å². The maximum atomic E-state index is 14.3. The van der Waals surface area contributed by atoms with Crippen LogP contribution in [0.1, 0.15) is 11.1 Å². The van der Waals surface area contributed by atoms with Gasteiger partial charge in [0.05, 0.1) is 19.9 Å². The van der Waals surface area contributed by atoms with Gasteiger partial charge in [0.15, 0.2) is 0 Å². The van der Waals surface area contributed by atoms with E-state index in [1.807, 2.05) is 30.3 Å². The van der Waals surface area contributed by atoms with E-state index < -0.39 is 5.82 Å². The Labute approximate surface area is 145 Å². The van der Waals surface area contributed by atoms with Crippen molar-refractivity contribution in [3.8, 4) is 22.8 Å². The molecule has 1 aromatic heterocycles. The summed E-state index contributed by atoms with van der Waals surface area (Å²) in [6.45, 7) is 0.214. The van der Waals surface area contributed by atoms with Crippen molar-refractivity contribution in [3.05, 3.63) is 77.7 Å². The zero-order valence-electron chi connectivity index (χ0n) is 13.8. The summed E-state index contributed by atoms with van der Waals surface area (Å²) < 4.78 is 25.3. The van der Waals surface area contributed by atoms with Crippen molar-refractivity contribution < 1.29 is 19.0 Å². The number of benzene rings is 2. The molecule has 1 N–H and O–H groups in total. The molecule has 5 heteroatoms. The predicted molar refractivity (Wildman–Crippen MR) is 92.9 cm³/mol. The predicted octanol–water partition coefficient (Wildman–Crippen LogP) is 3.97. The fourth-order valence-electron chi connectivity index (χ4n) is 2.48. The first-order valence-corrected chi connectivity index (χ1v) is 7.81. The summed E-state index contributed by atoms with van der Waals surface area (Å²) in [4.78, 5) is 3.86. The molecule has 0 amide bonds.